The molecular weight excluding hydrogens is 376 g/mol. The molecule has 2 N–H and O–H groups in total. The van der Waals surface area contributed by atoms with E-state index in [2.05, 4.69) is 15.6 Å². The molecule has 0 unspecified atom stereocenters. The van der Waals surface area contributed by atoms with E-state index >= 15 is 0 Å². The summed E-state index contributed by atoms with van der Waals surface area (Å²) in [7, 11) is 0. The number of fused-ring (bicyclic) bond motifs is 1. The van der Waals surface area contributed by atoms with Crippen molar-refractivity contribution in [2.75, 3.05) is 5.32 Å². The van der Waals surface area contributed by atoms with E-state index in [1.165, 1.54) is 16.2 Å². The number of urea groups is 1. The van der Waals surface area contributed by atoms with Crippen LogP contribution in [0.2, 0.25) is 0 Å². The molecule has 2 aromatic carbocycles. The van der Waals surface area contributed by atoms with Gasteiger partial charge in [0.1, 0.15) is 6.04 Å². The number of para-hydroxylation sites is 1. The zero-order valence-corrected chi connectivity index (χ0v) is 15.7. The van der Waals surface area contributed by atoms with Crippen LogP contribution in [0.5, 0.6) is 0 Å². The fraction of sp³-hybridized carbons (Fsp3) is 0.200. The monoisotopic (exact) mass is 394 g/mol. The molecule has 142 valence electrons. The molecule has 4 rings (SSSR count). The van der Waals surface area contributed by atoms with Crippen molar-refractivity contribution < 1.29 is 14.4 Å². The first-order chi connectivity index (χ1) is 13.6. The molecular formula is C20H18N4O3S. The Bertz CT molecular complexity index is 1000. The van der Waals surface area contributed by atoms with Crippen LogP contribution in [-0.2, 0) is 16.1 Å². The molecule has 28 heavy (non-hydrogen) atoms. The van der Waals surface area contributed by atoms with Gasteiger partial charge < -0.3 is 10.6 Å². The number of carbonyl (C=O) groups excluding carboxylic acids is 3. The summed E-state index contributed by atoms with van der Waals surface area (Å²) in [5.41, 5.74) is 1.71. The van der Waals surface area contributed by atoms with E-state index in [0.29, 0.717) is 5.13 Å². The van der Waals surface area contributed by atoms with Crippen LogP contribution in [0.4, 0.5) is 9.93 Å². The van der Waals surface area contributed by atoms with Gasteiger partial charge in [0.25, 0.3) is 5.91 Å². The number of anilines is 1. The number of hydrogen-bond donors (Lipinski definition) is 2. The minimum Gasteiger partial charge on any atom is -0.326 e. The summed E-state index contributed by atoms with van der Waals surface area (Å²) in [5.74, 6) is -0.538. The van der Waals surface area contributed by atoms with Gasteiger partial charge in [0.15, 0.2) is 5.13 Å². The summed E-state index contributed by atoms with van der Waals surface area (Å²) in [5, 5.41) is 5.95. The first-order valence-corrected chi connectivity index (χ1v) is 9.73. The summed E-state index contributed by atoms with van der Waals surface area (Å²) < 4.78 is 0.993. The summed E-state index contributed by atoms with van der Waals surface area (Å²) in [6.07, 6.45) is 0.360. The van der Waals surface area contributed by atoms with E-state index in [1.54, 1.807) is 0 Å². The van der Waals surface area contributed by atoms with Crippen molar-refractivity contribution in [3.05, 3.63) is 60.2 Å². The predicted molar refractivity (Wildman–Crippen MR) is 107 cm³/mol. The van der Waals surface area contributed by atoms with Crippen molar-refractivity contribution in [1.29, 1.82) is 0 Å². The van der Waals surface area contributed by atoms with Crippen LogP contribution < -0.4 is 10.6 Å². The highest BCUT2D eigenvalue weighted by Gasteiger charge is 2.37. The Balaban J connectivity index is 1.32. The van der Waals surface area contributed by atoms with Gasteiger partial charge in [-0.1, -0.05) is 53.8 Å². The molecule has 2 heterocycles. The predicted octanol–water partition coefficient (Wildman–Crippen LogP) is 3.14. The van der Waals surface area contributed by atoms with Crippen LogP contribution in [0.3, 0.4) is 0 Å². The van der Waals surface area contributed by atoms with Crippen molar-refractivity contribution in [2.45, 2.75) is 25.4 Å². The van der Waals surface area contributed by atoms with E-state index in [4.69, 9.17) is 0 Å². The second-order valence-electron chi connectivity index (χ2n) is 6.49. The molecule has 1 aliphatic heterocycles. The van der Waals surface area contributed by atoms with Gasteiger partial charge >= 0.3 is 6.03 Å². The van der Waals surface area contributed by atoms with Crippen molar-refractivity contribution in [3.63, 3.8) is 0 Å². The third kappa shape index (κ3) is 3.86. The van der Waals surface area contributed by atoms with Gasteiger partial charge in [-0.05, 0) is 24.1 Å². The maximum atomic E-state index is 12.5. The van der Waals surface area contributed by atoms with Gasteiger partial charge in [0.2, 0.25) is 5.91 Å². The molecule has 0 aliphatic carbocycles. The Morgan fingerprint density at radius 3 is 2.64 bits per heavy atom. The fourth-order valence-corrected chi connectivity index (χ4v) is 3.95. The molecule has 7 nitrogen and oxygen atoms in total. The molecule has 1 aliphatic rings. The number of amides is 4. The van der Waals surface area contributed by atoms with E-state index in [9.17, 15) is 14.4 Å². The van der Waals surface area contributed by atoms with Gasteiger partial charge in [0, 0.05) is 6.42 Å². The molecule has 1 aromatic heterocycles. The van der Waals surface area contributed by atoms with Gasteiger partial charge in [0.05, 0.1) is 16.8 Å². The number of carbonyl (C=O) groups is 3. The number of aromatic nitrogens is 1. The fourth-order valence-electron chi connectivity index (χ4n) is 3.07. The van der Waals surface area contributed by atoms with Crippen LogP contribution in [-0.4, -0.2) is 33.8 Å². The van der Waals surface area contributed by atoms with Crippen molar-refractivity contribution >= 4 is 44.5 Å². The number of imide groups is 1. The lowest BCUT2D eigenvalue weighted by molar-refractivity contribution is -0.128. The molecule has 1 fully saturated rings. The summed E-state index contributed by atoms with van der Waals surface area (Å²) in [4.78, 5) is 42.4. The SMILES string of the molecule is O=C(CC[C@H]1NC(=O)N(Cc2ccccc2)C1=O)Nc1nc2ccccc2s1. The van der Waals surface area contributed by atoms with Crippen molar-refractivity contribution in [2.24, 2.45) is 0 Å². The van der Waals surface area contributed by atoms with Crippen LogP contribution in [0.15, 0.2) is 54.6 Å². The molecule has 8 heteroatoms. The topological polar surface area (TPSA) is 91.4 Å². The maximum Gasteiger partial charge on any atom is 0.325 e. The third-order valence-electron chi connectivity index (χ3n) is 4.49. The lowest BCUT2D eigenvalue weighted by Crippen LogP contribution is -2.31. The van der Waals surface area contributed by atoms with Crippen molar-refractivity contribution in [3.8, 4) is 0 Å². The molecule has 1 atom stereocenters. The molecule has 1 saturated heterocycles. The average Bonchev–Trinajstić information content (AvgIpc) is 3.22. The summed E-state index contributed by atoms with van der Waals surface area (Å²) >= 11 is 1.40. The molecule has 3 aromatic rings. The first kappa shape index (κ1) is 18.1. The van der Waals surface area contributed by atoms with E-state index < -0.39 is 12.1 Å². The smallest absolute Gasteiger partial charge is 0.325 e. The Labute approximate surface area is 165 Å². The van der Waals surface area contributed by atoms with E-state index in [0.717, 1.165) is 15.8 Å². The molecule has 0 radical (unpaired) electrons. The number of nitrogens with zero attached hydrogens (tertiary/aromatic N) is 2. The third-order valence-corrected chi connectivity index (χ3v) is 5.44. The first-order valence-electron chi connectivity index (χ1n) is 8.91. The van der Waals surface area contributed by atoms with Gasteiger partial charge in [-0.2, -0.15) is 0 Å². The summed E-state index contributed by atoms with van der Waals surface area (Å²) in [6, 6.07) is 15.8. The van der Waals surface area contributed by atoms with Gasteiger partial charge in [-0.15, -0.1) is 0 Å². The quantitative estimate of drug-likeness (QED) is 0.629. The standard InChI is InChI=1S/C20H18N4O3S/c25-17(23-19-21-14-8-4-5-9-16(14)28-19)11-10-15-18(26)24(20(27)22-15)12-13-6-2-1-3-7-13/h1-9,15H,10-12H2,(H,22,27)(H,21,23,25)/t15-/m1/s1. The van der Waals surface area contributed by atoms with Crippen LogP contribution >= 0.6 is 11.3 Å². The Morgan fingerprint density at radius 1 is 1.11 bits per heavy atom. The second kappa shape index (κ2) is 7.77. The Hall–Kier alpha value is -3.26. The van der Waals surface area contributed by atoms with Gasteiger partial charge in [-0.3, -0.25) is 14.5 Å². The highest BCUT2D eigenvalue weighted by atomic mass is 32.1. The number of rotatable bonds is 6. The second-order valence-corrected chi connectivity index (χ2v) is 7.52. The number of nitrogens with one attached hydrogen (secondary N) is 2. The summed E-state index contributed by atoms with van der Waals surface area (Å²) in [6.45, 7) is 0.222. The van der Waals surface area contributed by atoms with E-state index in [-0.39, 0.29) is 31.2 Å². The molecule has 0 saturated carbocycles. The van der Waals surface area contributed by atoms with Crippen LogP contribution in [0, 0.1) is 0 Å². The van der Waals surface area contributed by atoms with Crippen LogP contribution in [0.1, 0.15) is 18.4 Å². The minimum atomic E-state index is -0.683. The van der Waals surface area contributed by atoms with Crippen LogP contribution in [0.25, 0.3) is 10.2 Å². The zero-order valence-electron chi connectivity index (χ0n) is 14.9. The lowest BCUT2D eigenvalue weighted by Gasteiger charge is -2.13. The highest BCUT2D eigenvalue weighted by Crippen LogP contribution is 2.25. The maximum absolute atomic E-state index is 12.5. The number of benzene rings is 2. The molecule has 0 bridgehead atoms. The highest BCUT2D eigenvalue weighted by molar-refractivity contribution is 7.22. The van der Waals surface area contributed by atoms with E-state index in [1.807, 2.05) is 54.6 Å². The zero-order chi connectivity index (χ0) is 19.5. The largest absolute Gasteiger partial charge is 0.326 e. The van der Waals surface area contributed by atoms with Gasteiger partial charge in [-0.25, -0.2) is 9.78 Å². The average molecular weight is 394 g/mol. The normalized spacial score (nSPS) is 16.4. The molecule has 0 spiro atoms. The molecule has 4 amide bonds. The number of thiazole rings is 1. The van der Waals surface area contributed by atoms with Crippen molar-refractivity contribution in [1.82, 2.24) is 15.2 Å². The number of hydrogen-bond acceptors (Lipinski definition) is 5. The lowest BCUT2D eigenvalue weighted by atomic mass is 10.1. The Morgan fingerprint density at radius 2 is 1.86 bits per heavy atom. The Kier molecular flexibility index (Phi) is 5.03. The minimum absolute atomic E-state index is 0.117.